The van der Waals surface area contributed by atoms with Crippen molar-refractivity contribution in [2.45, 2.75) is 70.6 Å². The number of ether oxygens (including phenoxy) is 2. The molecule has 3 atom stereocenters. The lowest BCUT2D eigenvalue weighted by molar-refractivity contribution is 0.0197. The van der Waals surface area contributed by atoms with Gasteiger partial charge in [-0.1, -0.05) is 13.3 Å². The third kappa shape index (κ3) is 5.34. The van der Waals surface area contributed by atoms with Crippen LogP contribution in [0.5, 0.6) is 0 Å². The molecule has 3 N–H and O–H groups in total. The number of hydrazine groups is 1. The van der Waals surface area contributed by atoms with E-state index in [1.165, 1.54) is 12.8 Å². The quantitative estimate of drug-likeness (QED) is 0.481. The van der Waals surface area contributed by atoms with Crippen molar-refractivity contribution < 1.29 is 9.47 Å². The first kappa shape index (κ1) is 14.9. The van der Waals surface area contributed by atoms with Crippen LogP contribution in [0.2, 0.25) is 0 Å². The second-order valence-electron chi connectivity index (χ2n) is 4.77. The van der Waals surface area contributed by atoms with Gasteiger partial charge in [0.15, 0.2) is 0 Å². The zero-order valence-electron chi connectivity index (χ0n) is 11.3. The predicted octanol–water partition coefficient (Wildman–Crippen LogP) is 1.98. The maximum Gasteiger partial charge on any atom is 0.0741 e. The fourth-order valence-corrected chi connectivity index (χ4v) is 2.51. The predicted molar refractivity (Wildman–Crippen MR) is 69.6 cm³/mol. The van der Waals surface area contributed by atoms with Gasteiger partial charge >= 0.3 is 0 Å². The number of nitrogens with two attached hydrogens (primary N) is 1. The molecule has 1 fully saturated rings. The molecule has 0 amide bonds. The summed E-state index contributed by atoms with van der Waals surface area (Å²) in [6, 6.07) is 0.249. The van der Waals surface area contributed by atoms with Crippen LogP contribution in [0.4, 0.5) is 0 Å². The molecule has 1 saturated heterocycles. The highest BCUT2D eigenvalue weighted by molar-refractivity contribution is 4.77. The van der Waals surface area contributed by atoms with Gasteiger partial charge in [0.1, 0.15) is 0 Å². The summed E-state index contributed by atoms with van der Waals surface area (Å²) in [7, 11) is 0. The minimum absolute atomic E-state index is 0.233. The van der Waals surface area contributed by atoms with Crippen LogP contribution < -0.4 is 11.3 Å². The third-order valence-electron chi connectivity index (χ3n) is 3.44. The third-order valence-corrected chi connectivity index (χ3v) is 3.44. The number of hydrogen-bond acceptors (Lipinski definition) is 4. The fraction of sp³-hybridized carbons (Fsp3) is 1.00. The average molecular weight is 244 g/mol. The number of nitrogens with one attached hydrogen (secondary N) is 1. The van der Waals surface area contributed by atoms with Gasteiger partial charge in [0.2, 0.25) is 0 Å². The van der Waals surface area contributed by atoms with E-state index in [1.54, 1.807) is 0 Å². The molecule has 17 heavy (non-hydrogen) atoms. The van der Waals surface area contributed by atoms with E-state index in [1.807, 2.05) is 6.92 Å². The van der Waals surface area contributed by atoms with Crippen molar-refractivity contribution in [1.82, 2.24) is 5.43 Å². The van der Waals surface area contributed by atoms with Crippen LogP contribution >= 0.6 is 0 Å². The van der Waals surface area contributed by atoms with Gasteiger partial charge in [0, 0.05) is 19.3 Å². The molecular weight excluding hydrogens is 216 g/mol. The van der Waals surface area contributed by atoms with Crippen molar-refractivity contribution >= 4 is 0 Å². The molecule has 3 unspecified atom stereocenters. The van der Waals surface area contributed by atoms with Crippen LogP contribution in [0.1, 0.15) is 52.4 Å². The second-order valence-corrected chi connectivity index (χ2v) is 4.77. The summed E-state index contributed by atoms with van der Waals surface area (Å²) in [5, 5.41) is 0. The molecule has 0 aromatic heterocycles. The van der Waals surface area contributed by atoms with E-state index in [-0.39, 0.29) is 12.1 Å². The van der Waals surface area contributed by atoms with E-state index < -0.39 is 0 Å². The summed E-state index contributed by atoms with van der Waals surface area (Å²) in [4.78, 5) is 0. The summed E-state index contributed by atoms with van der Waals surface area (Å²) in [5.74, 6) is 5.65. The molecule has 1 aliphatic heterocycles. The zero-order valence-corrected chi connectivity index (χ0v) is 11.3. The lowest BCUT2D eigenvalue weighted by atomic mass is 9.99. The van der Waals surface area contributed by atoms with Crippen LogP contribution in [-0.4, -0.2) is 31.5 Å². The Bertz CT molecular complexity index is 178. The molecule has 4 heteroatoms. The molecule has 1 rings (SSSR count). The summed E-state index contributed by atoms with van der Waals surface area (Å²) < 4.78 is 11.4. The largest absolute Gasteiger partial charge is 0.378 e. The molecule has 0 aromatic rings. The minimum atomic E-state index is 0.233. The normalized spacial score (nSPS) is 23.8. The Morgan fingerprint density at radius 2 is 2.24 bits per heavy atom. The van der Waals surface area contributed by atoms with Gasteiger partial charge in [-0.15, -0.1) is 0 Å². The Hall–Kier alpha value is -0.160. The molecular formula is C13H28N2O2. The smallest absolute Gasteiger partial charge is 0.0741 e. The van der Waals surface area contributed by atoms with Gasteiger partial charge in [-0.05, 0) is 39.0 Å². The molecule has 0 radical (unpaired) electrons. The van der Waals surface area contributed by atoms with E-state index in [2.05, 4.69) is 12.3 Å². The van der Waals surface area contributed by atoms with Crippen LogP contribution in [0, 0.1) is 0 Å². The Balaban J connectivity index is 2.32. The van der Waals surface area contributed by atoms with Crippen LogP contribution in [0.3, 0.4) is 0 Å². The van der Waals surface area contributed by atoms with E-state index in [4.69, 9.17) is 15.3 Å². The average Bonchev–Trinajstić information content (AvgIpc) is 2.83. The Morgan fingerprint density at radius 1 is 1.41 bits per heavy atom. The Morgan fingerprint density at radius 3 is 2.76 bits per heavy atom. The van der Waals surface area contributed by atoms with Crippen molar-refractivity contribution in [3.8, 4) is 0 Å². The first-order valence-corrected chi connectivity index (χ1v) is 7.01. The highest BCUT2D eigenvalue weighted by Gasteiger charge is 2.23. The first-order chi connectivity index (χ1) is 8.31. The van der Waals surface area contributed by atoms with Crippen LogP contribution in [-0.2, 0) is 9.47 Å². The summed E-state index contributed by atoms with van der Waals surface area (Å²) in [6.07, 6.45) is 7.39. The molecule has 0 spiro atoms. The van der Waals surface area contributed by atoms with Crippen molar-refractivity contribution in [3.63, 3.8) is 0 Å². The summed E-state index contributed by atoms with van der Waals surface area (Å²) >= 11 is 0. The molecule has 102 valence electrons. The molecule has 4 nitrogen and oxygen atoms in total. The Labute approximate surface area is 105 Å². The van der Waals surface area contributed by atoms with Crippen LogP contribution in [0.25, 0.3) is 0 Å². The molecule has 1 aliphatic rings. The first-order valence-electron chi connectivity index (χ1n) is 7.01. The van der Waals surface area contributed by atoms with Crippen molar-refractivity contribution in [2.24, 2.45) is 5.84 Å². The maximum atomic E-state index is 5.77. The maximum absolute atomic E-state index is 5.77. The number of rotatable bonds is 9. The van der Waals surface area contributed by atoms with Crippen LogP contribution in [0.15, 0.2) is 0 Å². The highest BCUT2D eigenvalue weighted by atomic mass is 16.5. The molecule has 0 aromatic carbocycles. The standard InChI is InChI=1S/C13H28N2O2/c1-3-6-13(16-4-2)12(15-14)9-8-11-7-5-10-17-11/h11-13,15H,3-10,14H2,1-2H3. The molecule has 0 bridgehead atoms. The van der Waals surface area contributed by atoms with Gasteiger partial charge in [-0.3, -0.25) is 11.3 Å². The SMILES string of the molecule is CCCC(OCC)C(CCC1CCCO1)NN. The fourth-order valence-electron chi connectivity index (χ4n) is 2.51. The van der Waals surface area contributed by atoms with E-state index in [0.29, 0.717) is 6.10 Å². The lowest BCUT2D eigenvalue weighted by Gasteiger charge is -2.27. The van der Waals surface area contributed by atoms with Gasteiger partial charge in [0.25, 0.3) is 0 Å². The van der Waals surface area contributed by atoms with Gasteiger partial charge in [-0.25, -0.2) is 0 Å². The van der Waals surface area contributed by atoms with Crippen molar-refractivity contribution in [2.75, 3.05) is 13.2 Å². The molecule has 0 aliphatic carbocycles. The monoisotopic (exact) mass is 244 g/mol. The van der Waals surface area contributed by atoms with E-state index >= 15 is 0 Å². The van der Waals surface area contributed by atoms with Gasteiger partial charge < -0.3 is 9.47 Å². The second kappa shape index (κ2) is 8.86. The summed E-state index contributed by atoms with van der Waals surface area (Å²) in [5.41, 5.74) is 2.92. The number of hydrogen-bond donors (Lipinski definition) is 2. The highest BCUT2D eigenvalue weighted by Crippen LogP contribution is 2.20. The summed E-state index contributed by atoms with van der Waals surface area (Å²) in [6.45, 7) is 5.90. The zero-order chi connectivity index (χ0) is 12.5. The Kier molecular flexibility index (Phi) is 7.77. The van der Waals surface area contributed by atoms with Crippen molar-refractivity contribution in [3.05, 3.63) is 0 Å². The minimum Gasteiger partial charge on any atom is -0.378 e. The molecule has 1 heterocycles. The van der Waals surface area contributed by atoms with E-state index in [9.17, 15) is 0 Å². The van der Waals surface area contributed by atoms with Gasteiger partial charge in [-0.2, -0.15) is 0 Å². The van der Waals surface area contributed by atoms with E-state index in [0.717, 1.165) is 38.9 Å². The molecule has 0 saturated carbocycles. The topological polar surface area (TPSA) is 56.5 Å². The van der Waals surface area contributed by atoms with Crippen molar-refractivity contribution in [1.29, 1.82) is 0 Å². The van der Waals surface area contributed by atoms with Gasteiger partial charge in [0.05, 0.1) is 12.2 Å². The lowest BCUT2D eigenvalue weighted by Crippen LogP contribution is -2.45.